The molecule has 46 heavy (non-hydrogen) atoms. The van der Waals surface area contributed by atoms with Gasteiger partial charge in [-0.3, -0.25) is 0 Å². The lowest BCUT2D eigenvalue weighted by Gasteiger charge is -2.37. The number of aromatic nitrogens is 3. The molecule has 0 saturated carbocycles. The molecule has 0 bridgehead atoms. The zero-order valence-corrected chi connectivity index (χ0v) is 27.8. The molecule has 0 N–H and O–H groups in total. The van der Waals surface area contributed by atoms with E-state index in [0.717, 1.165) is 24.2 Å². The van der Waals surface area contributed by atoms with Crippen molar-refractivity contribution in [1.82, 2.24) is 4.57 Å². The number of aryl methyl sites for hydroxylation is 2. The number of likely N-dealkylation sites (N-methyl/N-ethyl adjacent to an activating group) is 1. The Morgan fingerprint density at radius 3 is 1.61 bits per heavy atom. The minimum absolute atomic E-state index is 0.625. The molecule has 1 fully saturated rings. The van der Waals surface area contributed by atoms with Gasteiger partial charge < -0.3 is 18.5 Å². The Labute approximate surface area is 274 Å². The lowest BCUT2D eigenvalue weighted by Crippen LogP contribution is -2.49. The SMILES string of the molecule is C[n+]1ccc(/C=C/c2ccc3c(c2)c2cc(/C=C/c4cc[n+](C)cc4)ccc2n3CCOCCOCC[N+]2(C)CCCCC2)cc1. The van der Waals surface area contributed by atoms with Gasteiger partial charge in [-0.25, -0.2) is 9.13 Å². The van der Waals surface area contributed by atoms with Gasteiger partial charge in [0.25, 0.3) is 0 Å². The van der Waals surface area contributed by atoms with E-state index in [1.165, 1.54) is 76.4 Å². The Balaban J connectivity index is 1.16. The minimum atomic E-state index is 0.625. The maximum Gasteiger partial charge on any atom is 0.169 e. The summed E-state index contributed by atoms with van der Waals surface area (Å²) in [6.45, 7) is 7.20. The molecular weight excluding hydrogens is 568 g/mol. The third-order valence-corrected chi connectivity index (χ3v) is 9.36. The zero-order valence-electron chi connectivity index (χ0n) is 27.8. The van der Waals surface area contributed by atoms with Gasteiger partial charge >= 0.3 is 0 Å². The lowest BCUT2D eigenvalue weighted by molar-refractivity contribution is -0.914. The Bertz CT molecular complexity index is 1680. The highest BCUT2D eigenvalue weighted by Crippen LogP contribution is 2.32. The highest BCUT2D eigenvalue weighted by Gasteiger charge is 2.24. The predicted molar refractivity (Wildman–Crippen MR) is 189 cm³/mol. The van der Waals surface area contributed by atoms with Crippen LogP contribution in [0.5, 0.6) is 0 Å². The fourth-order valence-electron chi connectivity index (χ4n) is 6.48. The Hall–Kier alpha value is -4.10. The molecule has 6 nitrogen and oxygen atoms in total. The molecule has 0 amide bonds. The van der Waals surface area contributed by atoms with Crippen LogP contribution in [-0.4, -0.2) is 62.2 Å². The average molecular weight is 618 g/mol. The maximum absolute atomic E-state index is 6.08. The van der Waals surface area contributed by atoms with Gasteiger partial charge in [-0.1, -0.05) is 36.4 Å². The standard InChI is InChI=1S/C40H49N4O2/c1-41-19-15-33(16-20-41)7-9-35-11-13-39-37(31-35)38-32-36(10-8-34-17-21-42(2)22-18-34)12-14-40(38)43(39)23-27-45-29-30-46-28-26-44(3)24-5-4-6-25-44/h7-22,31-32H,4-6,23-30H2,1-3H3/q+3. The summed E-state index contributed by atoms with van der Waals surface area (Å²) >= 11 is 0. The van der Waals surface area contributed by atoms with Crippen molar-refractivity contribution < 1.29 is 23.1 Å². The van der Waals surface area contributed by atoms with Crippen LogP contribution in [-0.2, 0) is 30.1 Å². The van der Waals surface area contributed by atoms with Crippen molar-refractivity contribution in [3.05, 3.63) is 108 Å². The highest BCUT2D eigenvalue weighted by atomic mass is 16.5. The fourth-order valence-corrected chi connectivity index (χ4v) is 6.48. The topological polar surface area (TPSA) is 31.2 Å². The van der Waals surface area contributed by atoms with Gasteiger partial charge in [0, 0.05) is 52.6 Å². The van der Waals surface area contributed by atoms with Crippen molar-refractivity contribution in [2.24, 2.45) is 14.1 Å². The number of quaternary nitrogens is 1. The van der Waals surface area contributed by atoms with E-state index in [4.69, 9.17) is 9.47 Å². The average Bonchev–Trinajstić information content (AvgIpc) is 3.37. The number of hydrogen-bond donors (Lipinski definition) is 0. The predicted octanol–water partition coefficient (Wildman–Crippen LogP) is 6.45. The van der Waals surface area contributed by atoms with E-state index in [1.54, 1.807) is 0 Å². The van der Waals surface area contributed by atoms with Crippen molar-refractivity contribution in [3.8, 4) is 0 Å². The molecule has 3 aromatic heterocycles. The summed E-state index contributed by atoms with van der Waals surface area (Å²) in [5.74, 6) is 0. The third-order valence-electron chi connectivity index (χ3n) is 9.36. The van der Waals surface area contributed by atoms with E-state index >= 15 is 0 Å². The molecule has 0 aliphatic carbocycles. The van der Waals surface area contributed by atoms with Gasteiger partial charge in [0.2, 0.25) is 0 Å². The van der Waals surface area contributed by atoms with Crippen molar-refractivity contribution in [3.63, 3.8) is 0 Å². The Morgan fingerprint density at radius 2 is 1.09 bits per heavy atom. The van der Waals surface area contributed by atoms with Crippen molar-refractivity contribution >= 4 is 46.1 Å². The van der Waals surface area contributed by atoms with Gasteiger partial charge in [0.15, 0.2) is 24.8 Å². The van der Waals surface area contributed by atoms with Gasteiger partial charge in [0.05, 0.1) is 46.6 Å². The first-order valence-electron chi connectivity index (χ1n) is 16.8. The van der Waals surface area contributed by atoms with E-state index in [2.05, 4.69) is 131 Å². The van der Waals surface area contributed by atoms with E-state index in [1.807, 2.05) is 14.1 Å². The molecule has 0 spiro atoms. The smallest absolute Gasteiger partial charge is 0.169 e. The van der Waals surface area contributed by atoms with Crippen LogP contribution in [0.25, 0.3) is 46.1 Å². The summed E-state index contributed by atoms with van der Waals surface area (Å²) in [5.41, 5.74) is 7.21. The second-order valence-corrected chi connectivity index (χ2v) is 13.0. The summed E-state index contributed by atoms with van der Waals surface area (Å²) in [5, 5.41) is 2.52. The number of likely N-dealkylation sites (tertiary alicyclic amines) is 1. The van der Waals surface area contributed by atoms with Crippen LogP contribution in [0.3, 0.4) is 0 Å². The molecular formula is C40H49N4O2+3. The van der Waals surface area contributed by atoms with Gasteiger partial charge in [-0.05, 0) is 65.8 Å². The van der Waals surface area contributed by atoms with Crippen molar-refractivity contribution in [2.45, 2.75) is 25.8 Å². The molecule has 1 aliphatic heterocycles. The van der Waals surface area contributed by atoms with Crippen LogP contribution >= 0.6 is 0 Å². The molecule has 2 aromatic carbocycles. The van der Waals surface area contributed by atoms with E-state index in [9.17, 15) is 0 Å². The number of piperidine rings is 1. The summed E-state index contributed by atoms with van der Waals surface area (Å²) in [6, 6.07) is 22.1. The summed E-state index contributed by atoms with van der Waals surface area (Å²) in [6.07, 6.45) is 21.1. The molecule has 5 aromatic rings. The molecule has 6 heteroatoms. The third kappa shape index (κ3) is 8.18. The van der Waals surface area contributed by atoms with Crippen LogP contribution in [0.2, 0.25) is 0 Å². The first-order chi connectivity index (χ1) is 22.5. The van der Waals surface area contributed by atoms with E-state index in [0.29, 0.717) is 19.8 Å². The normalized spacial score (nSPS) is 15.1. The van der Waals surface area contributed by atoms with Gasteiger partial charge in [-0.15, -0.1) is 0 Å². The second kappa shape index (κ2) is 15.0. The highest BCUT2D eigenvalue weighted by molar-refractivity contribution is 6.09. The zero-order chi connectivity index (χ0) is 31.8. The van der Waals surface area contributed by atoms with Crippen LogP contribution < -0.4 is 9.13 Å². The largest absolute Gasteiger partial charge is 0.377 e. The van der Waals surface area contributed by atoms with Crippen molar-refractivity contribution in [1.29, 1.82) is 0 Å². The number of ether oxygens (including phenoxy) is 2. The number of benzene rings is 2. The lowest BCUT2D eigenvalue weighted by atomic mass is 10.1. The first-order valence-corrected chi connectivity index (χ1v) is 16.8. The summed E-state index contributed by atoms with van der Waals surface area (Å²) in [7, 11) is 6.45. The first kappa shape index (κ1) is 31.9. The number of nitrogens with zero attached hydrogens (tertiary/aromatic N) is 4. The van der Waals surface area contributed by atoms with E-state index in [-0.39, 0.29) is 0 Å². The quantitative estimate of drug-likeness (QED) is 0.0865. The summed E-state index contributed by atoms with van der Waals surface area (Å²) in [4.78, 5) is 0. The van der Waals surface area contributed by atoms with Crippen LogP contribution in [0.15, 0.2) is 85.5 Å². The minimum Gasteiger partial charge on any atom is -0.377 e. The molecule has 4 heterocycles. The number of fused-ring (bicyclic) bond motifs is 3. The Kier molecular flexibility index (Phi) is 10.4. The van der Waals surface area contributed by atoms with Crippen molar-refractivity contribution in [2.75, 3.05) is 53.1 Å². The van der Waals surface area contributed by atoms with Crippen LogP contribution in [0, 0.1) is 0 Å². The van der Waals surface area contributed by atoms with Gasteiger partial charge in [-0.2, -0.15) is 0 Å². The Morgan fingerprint density at radius 1 is 0.609 bits per heavy atom. The molecule has 0 radical (unpaired) electrons. The molecule has 6 rings (SSSR count). The van der Waals surface area contributed by atoms with Crippen LogP contribution in [0.1, 0.15) is 41.5 Å². The molecule has 1 aliphatic rings. The number of rotatable bonds is 13. The second-order valence-electron chi connectivity index (χ2n) is 13.0. The number of pyridine rings is 2. The van der Waals surface area contributed by atoms with E-state index < -0.39 is 0 Å². The fraction of sp³-hybridized carbons (Fsp3) is 0.350. The van der Waals surface area contributed by atoms with Crippen LogP contribution in [0.4, 0.5) is 0 Å². The molecule has 0 unspecified atom stereocenters. The van der Waals surface area contributed by atoms with Gasteiger partial charge in [0.1, 0.15) is 20.6 Å². The monoisotopic (exact) mass is 617 g/mol. The molecule has 1 saturated heterocycles. The molecule has 0 atom stereocenters. The maximum atomic E-state index is 6.08. The number of hydrogen-bond acceptors (Lipinski definition) is 2. The summed E-state index contributed by atoms with van der Waals surface area (Å²) < 4.78 is 19.7. The molecule has 238 valence electrons.